The monoisotopic (exact) mass is 270 g/mol. The van der Waals surface area contributed by atoms with Gasteiger partial charge in [0.25, 0.3) is 0 Å². The van der Waals surface area contributed by atoms with Crippen LogP contribution in [0.3, 0.4) is 0 Å². The highest BCUT2D eigenvalue weighted by molar-refractivity contribution is 7.91. The predicted octanol–water partition coefficient (Wildman–Crippen LogP) is 0.901. The van der Waals surface area contributed by atoms with Crippen molar-refractivity contribution in [3.8, 4) is 5.75 Å². The van der Waals surface area contributed by atoms with Gasteiger partial charge in [-0.25, -0.2) is 8.42 Å². The molecule has 2 N–H and O–H groups in total. The van der Waals surface area contributed by atoms with E-state index in [-0.39, 0.29) is 17.5 Å². The Kier molecular flexibility index (Phi) is 3.38. The minimum Gasteiger partial charge on any atom is -0.495 e. The highest BCUT2D eigenvalue weighted by Crippen LogP contribution is 2.29. The van der Waals surface area contributed by atoms with E-state index in [1.54, 1.807) is 13.2 Å². The number of benzene rings is 1. The van der Waals surface area contributed by atoms with E-state index in [4.69, 9.17) is 10.5 Å². The molecule has 0 bridgehead atoms. The molecule has 2 rings (SSSR count). The molecule has 0 amide bonds. The summed E-state index contributed by atoms with van der Waals surface area (Å²) in [6.07, 6.45) is 0.672. The molecule has 0 saturated carbocycles. The summed E-state index contributed by atoms with van der Waals surface area (Å²) >= 11 is 0. The van der Waals surface area contributed by atoms with Crippen molar-refractivity contribution < 1.29 is 13.2 Å². The molecule has 100 valence electrons. The fourth-order valence-corrected chi connectivity index (χ4v) is 3.99. The average molecular weight is 270 g/mol. The van der Waals surface area contributed by atoms with Crippen molar-refractivity contribution in [2.24, 2.45) is 0 Å². The first-order valence-corrected chi connectivity index (χ1v) is 7.62. The molecule has 1 atom stereocenters. The van der Waals surface area contributed by atoms with Gasteiger partial charge in [-0.1, -0.05) is 0 Å². The number of rotatable bonds is 3. The number of nitrogens with two attached hydrogens (primary N) is 1. The van der Waals surface area contributed by atoms with E-state index in [0.29, 0.717) is 17.9 Å². The van der Waals surface area contributed by atoms with E-state index in [1.807, 2.05) is 24.1 Å². The van der Waals surface area contributed by atoms with Crippen LogP contribution in [0.15, 0.2) is 18.2 Å². The van der Waals surface area contributed by atoms with E-state index < -0.39 is 9.84 Å². The molecule has 1 aromatic rings. The fourth-order valence-electron chi connectivity index (χ4n) is 2.21. The Bertz CT molecular complexity index is 542. The molecule has 6 heteroatoms. The van der Waals surface area contributed by atoms with Gasteiger partial charge in [0.2, 0.25) is 0 Å². The number of nitrogen functional groups attached to an aromatic ring is 1. The van der Waals surface area contributed by atoms with Crippen molar-refractivity contribution in [3.05, 3.63) is 18.2 Å². The van der Waals surface area contributed by atoms with Crippen LogP contribution in [0.25, 0.3) is 0 Å². The number of sulfone groups is 1. The molecule has 1 unspecified atom stereocenters. The summed E-state index contributed by atoms with van der Waals surface area (Å²) in [7, 11) is 0.594. The third-order valence-electron chi connectivity index (χ3n) is 3.38. The summed E-state index contributed by atoms with van der Waals surface area (Å²) in [4.78, 5) is 1.98. The van der Waals surface area contributed by atoms with Crippen molar-refractivity contribution in [2.75, 3.05) is 36.3 Å². The third-order valence-corrected chi connectivity index (χ3v) is 5.13. The minimum absolute atomic E-state index is 0.0309. The van der Waals surface area contributed by atoms with Gasteiger partial charge in [0.1, 0.15) is 5.75 Å². The summed E-state index contributed by atoms with van der Waals surface area (Å²) < 4.78 is 28.1. The van der Waals surface area contributed by atoms with Crippen molar-refractivity contribution in [3.63, 3.8) is 0 Å². The maximum atomic E-state index is 11.5. The van der Waals surface area contributed by atoms with Gasteiger partial charge >= 0.3 is 0 Å². The standard InChI is InChI=1S/C12H18N2O3S/c1-14(10-5-6-18(15,16)8-10)9-3-4-11(13)12(7-9)17-2/h3-4,7,10H,5-6,8,13H2,1-2H3. The lowest BCUT2D eigenvalue weighted by Gasteiger charge is -2.26. The Morgan fingerprint density at radius 3 is 2.72 bits per heavy atom. The lowest BCUT2D eigenvalue weighted by atomic mass is 10.2. The Labute approximate surface area is 107 Å². The molecule has 0 spiro atoms. The topological polar surface area (TPSA) is 72.6 Å². The molecular formula is C12H18N2O3S. The van der Waals surface area contributed by atoms with Crippen LogP contribution in [0.4, 0.5) is 11.4 Å². The second-order valence-corrected chi connectivity index (χ2v) is 6.82. The summed E-state index contributed by atoms with van der Waals surface area (Å²) in [5.41, 5.74) is 7.25. The normalized spacial score (nSPS) is 21.8. The zero-order chi connectivity index (χ0) is 13.3. The lowest BCUT2D eigenvalue weighted by Crippen LogP contribution is -2.32. The van der Waals surface area contributed by atoms with E-state index >= 15 is 0 Å². The summed E-state index contributed by atoms with van der Waals surface area (Å²) in [6.45, 7) is 0. The number of nitrogens with zero attached hydrogens (tertiary/aromatic N) is 1. The summed E-state index contributed by atoms with van der Waals surface area (Å²) in [5, 5.41) is 0. The second-order valence-electron chi connectivity index (χ2n) is 4.59. The van der Waals surface area contributed by atoms with Crippen molar-refractivity contribution in [1.82, 2.24) is 0 Å². The number of hydrogen-bond acceptors (Lipinski definition) is 5. The van der Waals surface area contributed by atoms with Gasteiger partial charge in [0.15, 0.2) is 9.84 Å². The Morgan fingerprint density at radius 1 is 1.44 bits per heavy atom. The SMILES string of the molecule is COc1cc(N(C)C2CCS(=O)(=O)C2)ccc1N. The van der Waals surface area contributed by atoms with E-state index in [2.05, 4.69) is 0 Å². The van der Waals surface area contributed by atoms with Gasteiger partial charge < -0.3 is 15.4 Å². The summed E-state index contributed by atoms with van der Waals surface area (Å²) in [6, 6.07) is 5.51. The molecule has 0 aliphatic carbocycles. The molecule has 1 fully saturated rings. The van der Waals surface area contributed by atoms with Crippen LogP contribution in [-0.4, -0.2) is 40.1 Å². The van der Waals surface area contributed by atoms with Crippen LogP contribution < -0.4 is 15.4 Å². The number of anilines is 2. The van der Waals surface area contributed by atoms with Crippen molar-refractivity contribution in [1.29, 1.82) is 0 Å². The molecule has 0 radical (unpaired) electrons. The molecular weight excluding hydrogens is 252 g/mol. The smallest absolute Gasteiger partial charge is 0.152 e. The van der Waals surface area contributed by atoms with Crippen LogP contribution in [0.1, 0.15) is 6.42 Å². The molecule has 1 aliphatic heterocycles. The highest BCUT2D eigenvalue weighted by atomic mass is 32.2. The van der Waals surface area contributed by atoms with E-state index in [9.17, 15) is 8.42 Å². The maximum absolute atomic E-state index is 11.5. The number of ether oxygens (including phenoxy) is 1. The van der Waals surface area contributed by atoms with Gasteiger partial charge in [-0.05, 0) is 18.6 Å². The van der Waals surface area contributed by atoms with Crippen LogP contribution >= 0.6 is 0 Å². The summed E-state index contributed by atoms with van der Waals surface area (Å²) in [5.74, 6) is 1.10. The van der Waals surface area contributed by atoms with Crippen LogP contribution in [0.5, 0.6) is 5.75 Å². The van der Waals surface area contributed by atoms with Crippen molar-refractivity contribution >= 4 is 21.2 Å². The van der Waals surface area contributed by atoms with Crippen LogP contribution in [0.2, 0.25) is 0 Å². The molecule has 1 heterocycles. The zero-order valence-electron chi connectivity index (χ0n) is 10.6. The largest absolute Gasteiger partial charge is 0.495 e. The fraction of sp³-hybridized carbons (Fsp3) is 0.500. The number of methoxy groups -OCH3 is 1. The molecule has 5 nitrogen and oxygen atoms in total. The molecule has 1 saturated heterocycles. The van der Waals surface area contributed by atoms with E-state index in [0.717, 1.165) is 5.69 Å². The minimum atomic E-state index is -2.87. The lowest BCUT2D eigenvalue weighted by molar-refractivity contribution is 0.417. The first-order valence-electron chi connectivity index (χ1n) is 5.80. The van der Waals surface area contributed by atoms with Crippen LogP contribution in [0, 0.1) is 0 Å². The Hall–Kier alpha value is -1.43. The van der Waals surface area contributed by atoms with Gasteiger partial charge in [0, 0.05) is 24.8 Å². The quantitative estimate of drug-likeness (QED) is 0.826. The first kappa shape index (κ1) is 13.0. The molecule has 18 heavy (non-hydrogen) atoms. The van der Waals surface area contributed by atoms with Gasteiger partial charge in [-0.2, -0.15) is 0 Å². The zero-order valence-corrected chi connectivity index (χ0v) is 11.4. The first-order chi connectivity index (χ1) is 8.43. The average Bonchev–Trinajstić information content (AvgIpc) is 2.69. The molecule has 0 aromatic heterocycles. The van der Waals surface area contributed by atoms with Gasteiger partial charge in [-0.15, -0.1) is 0 Å². The number of hydrogen-bond donors (Lipinski definition) is 1. The van der Waals surface area contributed by atoms with Crippen LogP contribution in [-0.2, 0) is 9.84 Å². The van der Waals surface area contributed by atoms with Gasteiger partial charge in [0.05, 0.1) is 24.3 Å². The highest BCUT2D eigenvalue weighted by Gasteiger charge is 2.30. The molecule has 1 aromatic carbocycles. The van der Waals surface area contributed by atoms with E-state index in [1.165, 1.54) is 0 Å². The molecule has 1 aliphatic rings. The Morgan fingerprint density at radius 2 is 2.17 bits per heavy atom. The predicted molar refractivity (Wildman–Crippen MR) is 72.9 cm³/mol. The Balaban J connectivity index is 2.21. The second kappa shape index (κ2) is 4.68. The third kappa shape index (κ3) is 2.53. The van der Waals surface area contributed by atoms with Crippen molar-refractivity contribution in [2.45, 2.75) is 12.5 Å². The maximum Gasteiger partial charge on any atom is 0.152 e. The van der Waals surface area contributed by atoms with Gasteiger partial charge in [-0.3, -0.25) is 0 Å².